The summed E-state index contributed by atoms with van der Waals surface area (Å²) in [7, 11) is 0. The molecule has 62 valence electrons. The summed E-state index contributed by atoms with van der Waals surface area (Å²) in [5.74, 6) is 0.613. The average molecular weight is 173 g/mol. The van der Waals surface area contributed by atoms with E-state index >= 15 is 0 Å². The number of thioether (sulfide) groups is 1. The van der Waals surface area contributed by atoms with Crippen LogP contribution in [0.15, 0.2) is 11.5 Å². The Hall–Kier alpha value is -0.550. The fourth-order valence-electron chi connectivity index (χ4n) is 0.509. The fraction of sp³-hybridized carbons (Fsp3) is 0.667. The highest BCUT2D eigenvalue weighted by molar-refractivity contribution is 7.99. The summed E-state index contributed by atoms with van der Waals surface area (Å²) in [6.45, 7) is 3.52. The molecule has 0 atom stereocenters. The van der Waals surface area contributed by atoms with Crippen LogP contribution in [0.4, 0.5) is 0 Å². The Labute approximate surface area is 69.4 Å². The Balaban J connectivity index is 2.35. The maximum absolute atomic E-state index is 9.33. The number of aromatic nitrogens is 3. The number of nitrogens with zero attached hydrogens (tertiary/aromatic N) is 2. The molecule has 1 aromatic rings. The molecule has 0 aliphatic rings. The molecule has 11 heavy (non-hydrogen) atoms. The van der Waals surface area contributed by atoms with E-state index in [0.717, 1.165) is 5.16 Å². The lowest BCUT2D eigenvalue weighted by Gasteiger charge is -2.14. The van der Waals surface area contributed by atoms with Crippen molar-refractivity contribution < 1.29 is 5.11 Å². The van der Waals surface area contributed by atoms with Crippen molar-refractivity contribution in [1.82, 2.24) is 15.2 Å². The monoisotopic (exact) mass is 173 g/mol. The molecule has 0 spiro atoms. The van der Waals surface area contributed by atoms with Crippen molar-refractivity contribution >= 4 is 11.8 Å². The molecule has 5 heteroatoms. The van der Waals surface area contributed by atoms with Crippen LogP contribution in [0, 0.1) is 0 Å². The largest absolute Gasteiger partial charge is 0.390 e. The van der Waals surface area contributed by atoms with Gasteiger partial charge in [-0.25, -0.2) is 4.98 Å². The van der Waals surface area contributed by atoms with Crippen molar-refractivity contribution in [2.45, 2.75) is 24.6 Å². The summed E-state index contributed by atoms with van der Waals surface area (Å²) in [5.41, 5.74) is -0.655. The van der Waals surface area contributed by atoms with E-state index in [4.69, 9.17) is 0 Å². The van der Waals surface area contributed by atoms with Crippen LogP contribution in [0.1, 0.15) is 13.8 Å². The Morgan fingerprint density at radius 2 is 2.45 bits per heavy atom. The molecule has 0 saturated carbocycles. The summed E-state index contributed by atoms with van der Waals surface area (Å²) in [6, 6.07) is 0. The molecular formula is C6H11N3OS. The van der Waals surface area contributed by atoms with Gasteiger partial charge in [-0.2, -0.15) is 5.10 Å². The Morgan fingerprint density at radius 1 is 1.73 bits per heavy atom. The highest BCUT2D eigenvalue weighted by Crippen LogP contribution is 2.17. The third-order valence-corrected chi connectivity index (χ3v) is 2.28. The minimum absolute atomic E-state index is 0.613. The van der Waals surface area contributed by atoms with E-state index in [2.05, 4.69) is 15.2 Å². The second-order valence-electron chi connectivity index (χ2n) is 2.89. The first-order valence-corrected chi connectivity index (χ1v) is 4.27. The molecule has 4 nitrogen and oxygen atoms in total. The van der Waals surface area contributed by atoms with Crippen molar-refractivity contribution in [2.75, 3.05) is 5.75 Å². The zero-order valence-corrected chi connectivity index (χ0v) is 7.35. The van der Waals surface area contributed by atoms with Crippen LogP contribution in [-0.2, 0) is 0 Å². The average Bonchev–Trinajstić information content (AvgIpc) is 2.32. The maximum Gasteiger partial charge on any atom is 0.183 e. The molecular weight excluding hydrogens is 162 g/mol. The van der Waals surface area contributed by atoms with Gasteiger partial charge in [0.25, 0.3) is 0 Å². The smallest absolute Gasteiger partial charge is 0.183 e. The summed E-state index contributed by atoms with van der Waals surface area (Å²) in [4.78, 5) is 3.90. The SMILES string of the molecule is CC(C)(O)CSc1ncn[nH]1. The number of nitrogens with one attached hydrogen (secondary N) is 1. The second-order valence-corrected chi connectivity index (χ2v) is 3.86. The van der Waals surface area contributed by atoms with Crippen molar-refractivity contribution in [1.29, 1.82) is 0 Å². The standard InChI is InChI=1S/C6H11N3OS/c1-6(2,10)3-11-5-7-4-8-9-5/h4,10H,3H2,1-2H3,(H,7,8,9). The van der Waals surface area contributed by atoms with Gasteiger partial charge in [-0.15, -0.1) is 0 Å². The number of H-pyrrole nitrogens is 1. The number of hydrogen-bond acceptors (Lipinski definition) is 4. The minimum atomic E-state index is -0.655. The van der Waals surface area contributed by atoms with Gasteiger partial charge in [0.1, 0.15) is 6.33 Å². The van der Waals surface area contributed by atoms with Gasteiger partial charge < -0.3 is 5.11 Å². The predicted octanol–water partition coefficient (Wildman–Crippen LogP) is 0.668. The lowest BCUT2D eigenvalue weighted by Crippen LogP contribution is -2.21. The van der Waals surface area contributed by atoms with Gasteiger partial charge in [0.05, 0.1) is 5.60 Å². The van der Waals surface area contributed by atoms with Crippen molar-refractivity contribution in [3.05, 3.63) is 6.33 Å². The van der Waals surface area contributed by atoms with Gasteiger partial charge in [0.15, 0.2) is 5.16 Å². The molecule has 0 aliphatic heterocycles. The topological polar surface area (TPSA) is 61.8 Å². The Bertz CT molecular complexity index is 204. The van der Waals surface area contributed by atoms with Gasteiger partial charge in [0.2, 0.25) is 0 Å². The van der Waals surface area contributed by atoms with Crippen molar-refractivity contribution in [3.8, 4) is 0 Å². The summed E-state index contributed by atoms with van der Waals surface area (Å²) >= 11 is 1.45. The third-order valence-electron chi connectivity index (χ3n) is 0.955. The maximum atomic E-state index is 9.33. The van der Waals surface area contributed by atoms with Gasteiger partial charge in [-0.1, -0.05) is 11.8 Å². The Morgan fingerprint density at radius 3 is 2.91 bits per heavy atom. The van der Waals surface area contributed by atoms with E-state index in [-0.39, 0.29) is 0 Å². The van der Waals surface area contributed by atoms with Crippen LogP contribution in [0.2, 0.25) is 0 Å². The fourth-order valence-corrected chi connectivity index (χ4v) is 1.24. The zero-order chi connectivity index (χ0) is 8.32. The van der Waals surface area contributed by atoms with Gasteiger partial charge in [-0.3, -0.25) is 5.10 Å². The summed E-state index contributed by atoms with van der Waals surface area (Å²) in [5, 5.41) is 16.5. The highest BCUT2D eigenvalue weighted by atomic mass is 32.2. The van der Waals surface area contributed by atoms with E-state index in [0.29, 0.717) is 5.75 Å². The summed E-state index contributed by atoms with van der Waals surface area (Å²) < 4.78 is 0. The van der Waals surface area contributed by atoms with Crippen LogP contribution < -0.4 is 0 Å². The van der Waals surface area contributed by atoms with Crippen LogP contribution in [0.5, 0.6) is 0 Å². The van der Waals surface area contributed by atoms with Crippen LogP contribution in [0.25, 0.3) is 0 Å². The second kappa shape index (κ2) is 3.23. The van der Waals surface area contributed by atoms with Gasteiger partial charge in [-0.05, 0) is 13.8 Å². The number of hydrogen-bond donors (Lipinski definition) is 2. The molecule has 0 unspecified atom stereocenters. The van der Waals surface area contributed by atoms with Crippen molar-refractivity contribution in [2.24, 2.45) is 0 Å². The lowest BCUT2D eigenvalue weighted by atomic mass is 10.2. The molecule has 0 bridgehead atoms. The number of rotatable bonds is 3. The first kappa shape index (κ1) is 8.55. The molecule has 1 rings (SSSR count). The molecule has 2 N–H and O–H groups in total. The van der Waals surface area contributed by atoms with E-state index in [1.807, 2.05) is 0 Å². The quantitative estimate of drug-likeness (QED) is 0.659. The zero-order valence-electron chi connectivity index (χ0n) is 6.53. The van der Waals surface area contributed by atoms with Crippen LogP contribution in [-0.4, -0.2) is 31.6 Å². The van der Waals surface area contributed by atoms with Crippen molar-refractivity contribution in [3.63, 3.8) is 0 Å². The van der Waals surface area contributed by atoms with Gasteiger partial charge >= 0.3 is 0 Å². The van der Waals surface area contributed by atoms with Gasteiger partial charge in [0, 0.05) is 5.75 Å². The Kier molecular flexibility index (Phi) is 2.51. The highest BCUT2D eigenvalue weighted by Gasteiger charge is 2.13. The van der Waals surface area contributed by atoms with E-state index in [1.54, 1.807) is 13.8 Å². The molecule has 0 aliphatic carbocycles. The lowest BCUT2D eigenvalue weighted by molar-refractivity contribution is 0.107. The molecule has 0 radical (unpaired) electrons. The number of aromatic amines is 1. The molecule has 1 aromatic heterocycles. The van der Waals surface area contributed by atoms with E-state index in [1.165, 1.54) is 18.1 Å². The first-order chi connectivity index (χ1) is 5.08. The summed E-state index contributed by atoms with van der Waals surface area (Å²) in [6.07, 6.45) is 1.45. The van der Waals surface area contributed by atoms with E-state index in [9.17, 15) is 5.11 Å². The predicted molar refractivity (Wildman–Crippen MR) is 43.4 cm³/mol. The third kappa shape index (κ3) is 3.38. The molecule has 0 fully saturated rings. The van der Waals surface area contributed by atoms with Crippen LogP contribution in [0.3, 0.4) is 0 Å². The first-order valence-electron chi connectivity index (χ1n) is 3.28. The van der Waals surface area contributed by atoms with E-state index < -0.39 is 5.60 Å². The number of aliphatic hydroxyl groups is 1. The molecule has 0 aromatic carbocycles. The normalized spacial score (nSPS) is 11.9. The minimum Gasteiger partial charge on any atom is -0.390 e. The van der Waals surface area contributed by atoms with Crippen LogP contribution >= 0.6 is 11.8 Å². The molecule has 1 heterocycles. The molecule has 0 saturated heterocycles. The molecule has 0 amide bonds.